The van der Waals surface area contributed by atoms with Gasteiger partial charge in [0.05, 0.1) is 0 Å². The molecule has 6 nitrogen and oxygen atoms in total. The van der Waals surface area contributed by atoms with Crippen LogP contribution in [0.2, 0.25) is 0 Å². The summed E-state index contributed by atoms with van der Waals surface area (Å²) >= 11 is 0. The zero-order chi connectivity index (χ0) is 28.2. The van der Waals surface area contributed by atoms with Crippen LogP contribution in [0.5, 0.6) is 11.5 Å². The molecule has 210 valence electrons. The van der Waals surface area contributed by atoms with E-state index in [-0.39, 0.29) is 0 Å². The van der Waals surface area contributed by atoms with Gasteiger partial charge >= 0.3 is 11.9 Å². The molecule has 0 radical (unpaired) electrons. The molecule has 0 saturated carbocycles. The summed E-state index contributed by atoms with van der Waals surface area (Å²) in [6, 6.07) is 7.68. The van der Waals surface area contributed by atoms with Crippen LogP contribution in [0.25, 0.3) is 0 Å². The Morgan fingerprint density at radius 3 is 1.29 bits per heavy atom. The van der Waals surface area contributed by atoms with Gasteiger partial charge in [-0.2, -0.15) is 0 Å². The summed E-state index contributed by atoms with van der Waals surface area (Å²) in [4.78, 5) is 36.2. The standard InChI is InChI=1S/C32H46O6/c1-9-11-13-15-29(35-27-19-17-21(3)23(5)25(27)7)31(33)37-38-32(34)30(16-14-12-10-2)36-28-20-18-22(4)24(6)26(28)8/h17-20,29-30H,9-16H2,1-8H3. The van der Waals surface area contributed by atoms with E-state index in [1.165, 1.54) is 0 Å². The predicted octanol–water partition coefficient (Wildman–Crippen LogP) is 7.89. The third-order valence-corrected chi connectivity index (χ3v) is 7.43. The van der Waals surface area contributed by atoms with Crippen LogP contribution in [0, 0.1) is 41.5 Å². The van der Waals surface area contributed by atoms with Crippen LogP contribution >= 0.6 is 0 Å². The quantitative estimate of drug-likeness (QED) is 0.142. The molecule has 0 bridgehead atoms. The lowest BCUT2D eigenvalue weighted by molar-refractivity contribution is -0.268. The number of benzene rings is 2. The van der Waals surface area contributed by atoms with Gasteiger partial charge in [0.1, 0.15) is 11.5 Å². The van der Waals surface area contributed by atoms with Crippen LogP contribution in [-0.2, 0) is 19.4 Å². The monoisotopic (exact) mass is 526 g/mol. The van der Waals surface area contributed by atoms with Crippen LogP contribution < -0.4 is 9.47 Å². The van der Waals surface area contributed by atoms with Crippen molar-refractivity contribution in [2.75, 3.05) is 0 Å². The Balaban J connectivity index is 2.13. The number of carbonyl (C=O) groups is 2. The van der Waals surface area contributed by atoms with Crippen LogP contribution in [0.1, 0.15) is 98.6 Å². The second-order valence-corrected chi connectivity index (χ2v) is 10.3. The Kier molecular flexibility index (Phi) is 12.6. The minimum atomic E-state index is -0.878. The minimum absolute atomic E-state index is 0.467. The van der Waals surface area contributed by atoms with E-state index >= 15 is 0 Å². The number of ether oxygens (including phenoxy) is 2. The Hall–Kier alpha value is -3.02. The second kappa shape index (κ2) is 15.4. The molecule has 0 spiro atoms. The van der Waals surface area contributed by atoms with Gasteiger partial charge in [-0.15, -0.1) is 0 Å². The molecule has 0 aliphatic rings. The maximum atomic E-state index is 13.0. The minimum Gasteiger partial charge on any atom is -0.478 e. The van der Waals surface area contributed by atoms with E-state index in [1.54, 1.807) is 0 Å². The van der Waals surface area contributed by atoms with Crippen molar-refractivity contribution in [3.05, 3.63) is 57.6 Å². The van der Waals surface area contributed by atoms with E-state index in [0.29, 0.717) is 24.3 Å². The Morgan fingerprint density at radius 1 is 0.579 bits per heavy atom. The number of hydrogen-bond acceptors (Lipinski definition) is 6. The van der Waals surface area contributed by atoms with Gasteiger partial charge in [-0.05, 0) is 113 Å². The summed E-state index contributed by atoms with van der Waals surface area (Å²) in [6.07, 6.45) is 4.70. The third-order valence-electron chi connectivity index (χ3n) is 7.43. The van der Waals surface area contributed by atoms with Crippen molar-refractivity contribution in [2.24, 2.45) is 0 Å². The SMILES string of the molecule is CCCCCC(Oc1ccc(C)c(C)c1C)C(=O)OOC(=O)C(CCCCC)Oc1ccc(C)c(C)c1C. The summed E-state index contributed by atoms with van der Waals surface area (Å²) in [7, 11) is 0. The molecule has 2 unspecified atom stereocenters. The molecular formula is C32H46O6. The van der Waals surface area contributed by atoms with Crippen molar-refractivity contribution in [3.63, 3.8) is 0 Å². The molecule has 0 aromatic heterocycles. The van der Waals surface area contributed by atoms with Gasteiger partial charge in [0.15, 0.2) is 12.2 Å². The summed E-state index contributed by atoms with van der Waals surface area (Å²) < 4.78 is 12.2. The molecule has 2 aromatic carbocycles. The molecule has 0 saturated heterocycles. The third kappa shape index (κ3) is 8.78. The fraction of sp³-hybridized carbons (Fsp3) is 0.562. The largest absolute Gasteiger partial charge is 0.478 e. The first-order valence-electron chi connectivity index (χ1n) is 14.0. The molecule has 0 heterocycles. The molecule has 0 N–H and O–H groups in total. The molecule has 0 aliphatic carbocycles. The number of hydrogen-bond donors (Lipinski definition) is 0. The van der Waals surface area contributed by atoms with Crippen molar-refractivity contribution in [1.29, 1.82) is 0 Å². The van der Waals surface area contributed by atoms with Gasteiger partial charge in [-0.3, -0.25) is 0 Å². The average Bonchev–Trinajstić information content (AvgIpc) is 2.90. The van der Waals surface area contributed by atoms with Crippen LogP contribution in [0.3, 0.4) is 0 Å². The van der Waals surface area contributed by atoms with E-state index in [1.807, 2.05) is 65.8 Å². The Bertz CT molecular complexity index is 989. The highest BCUT2D eigenvalue weighted by atomic mass is 17.2. The first-order chi connectivity index (χ1) is 18.1. The molecule has 2 rings (SSSR count). The zero-order valence-corrected chi connectivity index (χ0v) is 24.6. The number of aryl methyl sites for hydroxylation is 2. The van der Waals surface area contributed by atoms with Crippen LogP contribution in [0.4, 0.5) is 0 Å². The van der Waals surface area contributed by atoms with Gasteiger partial charge in [-0.1, -0.05) is 51.7 Å². The lowest BCUT2D eigenvalue weighted by Crippen LogP contribution is -2.34. The van der Waals surface area contributed by atoms with Crippen molar-refractivity contribution in [3.8, 4) is 11.5 Å². The molecule has 0 amide bonds. The summed E-state index contributed by atoms with van der Waals surface area (Å²) in [6.45, 7) is 16.3. The molecule has 0 aliphatic heterocycles. The molecule has 38 heavy (non-hydrogen) atoms. The van der Waals surface area contributed by atoms with Crippen molar-refractivity contribution in [2.45, 2.75) is 119 Å². The lowest BCUT2D eigenvalue weighted by Gasteiger charge is -2.21. The maximum absolute atomic E-state index is 13.0. The van der Waals surface area contributed by atoms with E-state index in [2.05, 4.69) is 13.8 Å². The van der Waals surface area contributed by atoms with E-state index in [9.17, 15) is 9.59 Å². The van der Waals surface area contributed by atoms with Crippen molar-refractivity contribution in [1.82, 2.24) is 0 Å². The van der Waals surface area contributed by atoms with Gasteiger partial charge < -0.3 is 9.47 Å². The first-order valence-corrected chi connectivity index (χ1v) is 14.0. The first kappa shape index (κ1) is 31.2. The average molecular weight is 527 g/mol. The number of rotatable bonds is 14. The normalized spacial score (nSPS) is 12.5. The van der Waals surface area contributed by atoms with Gasteiger partial charge in [0, 0.05) is 0 Å². The second-order valence-electron chi connectivity index (χ2n) is 10.3. The molecule has 6 heteroatoms. The highest BCUT2D eigenvalue weighted by Crippen LogP contribution is 2.27. The fourth-order valence-electron chi connectivity index (χ4n) is 4.22. The summed E-state index contributed by atoms with van der Waals surface area (Å²) in [5.74, 6) is -0.184. The van der Waals surface area contributed by atoms with Gasteiger partial charge in [0.25, 0.3) is 0 Å². The van der Waals surface area contributed by atoms with Crippen molar-refractivity contribution < 1.29 is 28.8 Å². The van der Waals surface area contributed by atoms with Crippen LogP contribution in [-0.4, -0.2) is 24.1 Å². The summed E-state index contributed by atoms with van der Waals surface area (Å²) in [5, 5.41) is 0. The molecule has 2 aromatic rings. The highest BCUT2D eigenvalue weighted by molar-refractivity contribution is 5.78. The fourth-order valence-corrected chi connectivity index (χ4v) is 4.22. The molecule has 0 fully saturated rings. The van der Waals surface area contributed by atoms with Gasteiger partial charge in [0.2, 0.25) is 0 Å². The van der Waals surface area contributed by atoms with Crippen molar-refractivity contribution >= 4 is 11.9 Å². The van der Waals surface area contributed by atoms with E-state index in [4.69, 9.17) is 19.2 Å². The smallest absolute Gasteiger partial charge is 0.395 e. The molecular weight excluding hydrogens is 480 g/mol. The van der Waals surface area contributed by atoms with E-state index < -0.39 is 24.1 Å². The lowest BCUT2D eigenvalue weighted by atomic mass is 10.0. The van der Waals surface area contributed by atoms with Gasteiger partial charge in [-0.25, -0.2) is 19.4 Å². The Morgan fingerprint density at radius 2 is 0.947 bits per heavy atom. The zero-order valence-electron chi connectivity index (χ0n) is 24.6. The Labute approximate surface area is 228 Å². The van der Waals surface area contributed by atoms with E-state index in [0.717, 1.165) is 71.9 Å². The summed E-state index contributed by atoms with van der Waals surface area (Å²) in [5.41, 5.74) is 6.49. The van der Waals surface area contributed by atoms with Crippen LogP contribution in [0.15, 0.2) is 24.3 Å². The topological polar surface area (TPSA) is 71.1 Å². The predicted molar refractivity (Wildman–Crippen MR) is 151 cm³/mol. The number of carbonyl (C=O) groups excluding carboxylic acids is 2. The number of unbranched alkanes of at least 4 members (excludes halogenated alkanes) is 4. The highest BCUT2D eigenvalue weighted by Gasteiger charge is 2.29. The maximum Gasteiger partial charge on any atom is 0.395 e. The molecule has 2 atom stereocenters.